The monoisotopic (exact) mass is 282 g/mol. The lowest BCUT2D eigenvalue weighted by Gasteiger charge is -2.16. The molecule has 1 amide bonds. The van der Waals surface area contributed by atoms with Gasteiger partial charge in [-0.1, -0.05) is 6.92 Å². The van der Waals surface area contributed by atoms with Crippen molar-refractivity contribution in [2.45, 2.75) is 19.8 Å². The molecule has 0 fully saturated rings. The van der Waals surface area contributed by atoms with Crippen LogP contribution in [0.15, 0.2) is 12.1 Å². The van der Waals surface area contributed by atoms with Gasteiger partial charge < -0.3 is 10.2 Å². The molecule has 0 saturated heterocycles. The van der Waals surface area contributed by atoms with Gasteiger partial charge in [-0.3, -0.25) is 9.59 Å². The van der Waals surface area contributed by atoms with Gasteiger partial charge in [0.15, 0.2) is 11.6 Å². The van der Waals surface area contributed by atoms with Crippen molar-refractivity contribution < 1.29 is 18.4 Å². The van der Waals surface area contributed by atoms with Gasteiger partial charge in [0.05, 0.1) is 11.3 Å². The second-order valence-corrected chi connectivity index (χ2v) is 4.67. The van der Waals surface area contributed by atoms with Gasteiger partial charge in [-0.15, -0.1) is 0 Å². The Morgan fingerprint density at radius 1 is 1.15 bits per heavy atom. The highest BCUT2D eigenvalue weighted by molar-refractivity contribution is 6.52. The minimum atomic E-state index is -1.11. The largest absolute Gasteiger partial charge is 0.317 e. The summed E-state index contributed by atoms with van der Waals surface area (Å²) in [5, 5.41) is 3.17. The number of amides is 1. The Balaban J connectivity index is 2.10. The zero-order valence-corrected chi connectivity index (χ0v) is 11.2. The van der Waals surface area contributed by atoms with Crippen molar-refractivity contribution in [2.24, 2.45) is 0 Å². The van der Waals surface area contributed by atoms with Crippen LogP contribution in [0.4, 0.5) is 14.5 Å². The summed E-state index contributed by atoms with van der Waals surface area (Å²) in [6.07, 6.45) is 1.64. The molecule has 0 unspecified atom stereocenters. The molecular weight excluding hydrogens is 266 g/mol. The highest BCUT2D eigenvalue weighted by Crippen LogP contribution is 2.30. The number of fused-ring (bicyclic) bond motifs is 1. The van der Waals surface area contributed by atoms with Crippen LogP contribution in [0, 0.1) is 11.6 Å². The molecule has 4 nitrogen and oxygen atoms in total. The Morgan fingerprint density at radius 2 is 1.85 bits per heavy atom. The van der Waals surface area contributed by atoms with Crippen molar-refractivity contribution in [1.82, 2.24) is 5.32 Å². The molecule has 1 aliphatic heterocycles. The molecule has 0 saturated carbocycles. The summed E-state index contributed by atoms with van der Waals surface area (Å²) in [6.45, 7) is 3.93. The van der Waals surface area contributed by atoms with Gasteiger partial charge in [0.25, 0.3) is 11.7 Å². The van der Waals surface area contributed by atoms with Crippen molar-refractivity contribution in [3.63, 3.8) is 0 Å². The zero-order valence-electron chi connectivity index (χ0n) is 11.2. The molecule has 0 spiro atoms. The smallest absolute Gasteiger partial charge is 0.299 e. The van der Waals surface area contributed by atoms with E-state index in [1.807, 2.05) is 6.92 Å². The summed E-state index contributed by atoms with van der Waals surface area (Å²) in [5.74, 6) is -3.67. The van der Waals surface area contributed by atoms with Gasteiger partial charge >= 0.3 is 0 Å². The zero-order chi connectivity index (χ0) is 14.7. The maximum absolute atomic E-state index is 13.3. The fraction of sp³-hybridized carbons (Fsp3) is 0.429. The van der Waals surface area contributed by atoms with Crippen molar-refractivity contribution in [2.75, 3.05) is 24.5 Å². The average Bonchev–Trinajstić information content (AvgIpc) is 2.64. The number of ketones is 1. The van der Waals surface area contributed by atoms with Crippen molar-refractivity contribution >= 4 is 17.4 Å². The second-order valence-electron chi connectivity index (χ2n) is 4.67. The number of Topliss-reactive ketones (excluding diaryl/α,β-unsaturated/α-hetero) is 1. The molecule has 2 rings (SSSR count). The third kappa shape index (κ3) is 2.70. The number of carbonyl (C=O) groups is 2. The molecule has 1 aromatic carbocycles. The van der Waals surface area contributed by atoms with Crippen LogP contribution < -0.4 is 10.2 Å². The first kappa shape index (κ1) is 14.6. The average molecular weight is 282 g/mol. The standard InChI is InChI=1S/C14H16F2N2O2/c1-2-4-17-5-3-6-18-12-8-11(16)10(15)7-9(12)13(19)14(18)20/h7-8,17H,2-6H2,1H3. The Labute approximate surface area is 115 Å². The number of nitrogens with zero attached hydrogens (tertiary/aromatic N) is 1. The van der Waals surface area contributed by atoms with Gasteiger partial charge in [0, 0.05) is 12.6 Å². The van der Waals surface area contributed by atoms with Crippen LogP contribution in [0.25, 0.3) is 0 Å². The van der Waals surface area contributed by atoms with Crippen LogP contribution in [0.3, 0.4) is 0 Å². The summed E-state index contributed by atoms with van der Waals surface area (Å²) in [5.41, 5.74) is 0.102. The lowest BCUT2D eigenvalue weighted by atomic mass is 10.1. The quantitative estimate of drug-likeness (QED) is 0.640. The molecule has 0 aromatic heterocycles. The molecule has 108 valence electrons. The van der Waals surface area contributed by atoms with Crippen molar-refractivity contribution in [1.29, 1.82) is 0 Å². The summed E-state index contributed by atoms with van der Waals surface area (Å²) in [7, 11) is 0. The van der Waals surface area contributed by atoms with Crippen LogP contribution in [0.5, 0.6) is 0 Å². The summed E-state index contributed by atoms with van der Waals surface area (Å²) >= 11 is 0. The predicted molar refractivity (Wildman–Crippen MR) is 70.8 cm³/mol. The molecule has 1 aromatic rings. The summed E-state index contributed by atoms with van der Waals surface area (Å²) in [6, 6.07) is 1.70. The number of rotatable bonds is 6. The van der Waals surface area contributed by atoms with Gasteiger partial charge in [-0.25, -0.2) is 8.78 Å². The number of nitrogens with one attached hydrogen (secondary N) is 1. The van der Waals surface area contributed by atoms with E-state index in [0.29, 0.717) is 19.5 Å². The van der Waals surface area contributed by atoms with Crippen LogP contribution in [-0.4, -0.2) is 31.3 Å². The molecule has 0 aliphatic carbocycles. The molecule has 1 N–H and O–H groups in total. The van der Waals surface area contributed by atoms with E-state index in [-0.39, 0.29) is 11.3 Å². The van der Waals surface area contributed by atoms with E-state index in [0.717, 1.165) is 25.1 Å². The first-order valence-corrected chi connectivity index (χ1v) is 6.62. The first-order chi connectivity index (χ1) is 9.56. The van der Waals surface area contributed by atoms with Gasteiger partial charge in [-0.2, -0.15) is 0 Å². The molecule has 0 atom stereocenters. The maximum Gasteiger partial charge on any atom is 0.299 e. The molecule has 1 heterocycles. The van der Waals surface area contributed by atoms with Gasteiger partial charge in [0.1, 0.15) is 0 Å². The highest BCUT2D eigenvalue weighted by Gasteiger charge is 2.36. The molecule has 0 radical (unpaired) electrons. The molecule has 1 aliphatic rings. The minimum Gasteiger partial charge on any atom is -0.317 e. The fourth-order valence-electron chi connectivity index (χ4n) is 2.17. The number of carbonyl (C=O) groups excluding carboxylic acids is 2. The van der Waals surface area contributed by atoms with E-state index in [2.05, 4.69) is 5.32 Å². The SMILES string of the molecule is CCCNCCCN1C(=O)C(=O)c2cc(F)c(F)cc21. The van der Waals surface area contributed by atoms with Crippen molar-refractivity contribution in [3.05, 3.63) is 29.3 Å². The Kier molecular flexibility index (Phi) is 4.44. The van der Waals surface area contributed by atoms with Crippen LogP contribution in [-0.2, 0) is 4.79 Å². The topological polar surface area (TPSA) is 49.4 Å². The van der Waals surface area contributed by atoms with E-state index in [9.17, 15) is 18.4 Å². The van der Waals surface area contributed by atoms with Crippen LogP contribution in [0.2, 0.25) is 0 Å². The normalized spacial score (nSPS) is 14.1. The fourth-order valence-corrected chi connectivity index (χ4v) is 2.17. The third-order valence-corrected chi connectivity index (χ3v) is 3.18. The van der Waals surface area contributed by atoms with Crippen LogP contribution >= 0.6 is 0 Å². The number of hydrogen-bond donors (Lipinski definition) is 1. The lowest BCUT2D eigenvalue weighted by molar-refractivity contribution is -0.114. The number of halogens is 2. The van der Waals surface area contributed by atoms with E-state index in [4.69, 9.17) is 0 Å². The molecule has 0 bridgehead atoms. The van der Waals surface area contributed by atoms with Gasteiger partial charge in [-0.05, 0) is 32.0 Å². The van der Waals surface area contributed by atoms with Crippen molar-refractivity contribution in [3.8, 4) is 0 Å². The third-order valence-electron chi connectivity index (χ3n) is 3.18. The van der Waals surface area contributed by atoms with E-state index in [1.165, 1.54) is 4.90 Å². The Hall–Kier alpha value is -1.82. The minimum absolute atomic E-state index is 0.0598. The van der Waals surface area contributed by atoms with E-state index in [1.54, 1.807) is 0 Å². The molecular formula is C14H16F2N2O2. The highest BCUT2D eigenvalue weighted by atomic mass is 19.2. The summed E-state index contributed by atoms with van der Waals surface area (Å²) in [4.78, 5) is 24.7. The van der Waals surface area contributed by atoms with Crippen LogP contribution in [0.1, 0.15) is 30.1 Å². The Morgan fingerprint density at radius 3 is 2.55 bits per heavy atom. The Bertz CT molecular complexity index is 546. The first-order valence-electron chi connectivity index (χ1n) is 6.62. The van der Waals surface area contributed by atoms with E-state index < -0.39 is 23.3 Å². The van der Waals surface area contributed by atoms with Gasteiger partial charge in [0.2, 0.25) is 0 Å². The predicted octanol–water partition coefficient (Wildman–Crippen LogP) is 1.88. The number of hydrogen-bond acceptors (Lipinski definition) is 3. The molecule has 20 heavy (non-hydrogen) atoms. The lowest BCUT2D eigenvalue weighted by Crippen LogP contribution is -2.32. The van der Waals surface area contributed by atoms with E-state index >= 15 is 0 Å². The number of anilines is 1. The second kappa shape index (κ2) is 6.09. The summed E-state index contributed by atoms with van der Waals surface area (Å²) < 4.78 is 26.4. The maximum atomic E-state index is 13.3. The molecule has 6 heteroatoms. The number of benzene rings is 1.